The molecule has 1 aliphatic heterocycles. The minimum Gasteiger partial charge on any atom is -0.481 e. The Bertz CT molecular complexity index is 296. The number of hydrogen-bond donors (Lipinski definition) is 1. The van der Waals surface area contributed by atoms with Crippen LogP contribution in [0.15, 0.2) is 0 Å². The molecule has 1 fully saturated rings. The lowest BCUT2D eigenvalue weighted by Gasteiger charge is -2.16. The molecule has 7 heteroatoms. The average molecular weight is 215 g/mol. The lowest BCUT2D eigenvalue weighted by Crippen LogP contribution is -2.35. The Morgan fingerprint density at radius 1 is 1.47 bits per heavy atom. The van der Waals surface area contributed by atoms with Crippen LogP contribution in [0.5, 0.6) is 0 Å². The van der Waals surface area contributed by atoms with Crippen LogP contribution in [-0.4, -0.2) is 40.3 Å². The molecule has 82 valence electrons. The number of carboxylic acid groups (broad SMARTS) is 1. The summed E-state index contributed by atoms with van der Waals surface area (Å²) < 4.78 is 0. The molecule has 0 spiro atoms. The summed E-state index contributed by atoms with van der Waals surface area (Å²) in [5.41, 5.74) is 0. The van der Waals surface area contributed by atoms with Gasteiger partial charge in [-0.3, -0.25) is 19.2 Å². The van der Waals surface area contributed by atoms with E-state index in [1.54, 1.807) is 0 Å². The second kappa shape index (κ2) is 4.65. The molecule has 0 aliphatic carbocycles. The van der Waals surface area contributed by atoms with Crippen LogP contribution in [0, 0.1) is 0 Å². The molecule has 1 saturated heterocycles. The summed E-state index contributed by atoms with van der Waals surface area (Å²) in [5, 5.41) is 8.85. The highest BCUT2D eigenvalue weighted by molar-refractivity contribution is 6.00. The molecule has 1 heterocycles. The summed E-state index contributed by atoms with van der Waals surface area (Å²) in [6.45, 7) is 0. The van der Waals surface area contributed by atoms with Gasteiger partial charge >= 0.3 is 5.97 Å². The molecule has 2 amide bonds. The predicted octanol–water partition coefficient (Wildman–Crippen LogP) is -0.891. The van der Waals surface area contributed by atoms with Crippen molar-refractivity contribution in [1.29, 1.82) is 0 Å². The second-order valence-corrected chi connectivity index (χ2v) is 2.96. The number of imide groups is 1. The molecule has 0 radical (unpaired) electrons. The molecule has 1 aliphatic rings. The average Bonchev–Trinajstić information content (AvgIpc) is 2.47. The minimum atomic E-state index is -1.31. The van der Waals surface area contributed by atoms with E-state index in [2.05, 4.69) is 4.84 Å². The molecule has 0 bridgehead atoms. The summed E-state index contributed by atoms with van der Waals surface area (Å²) in [5.74, 6) is -2.36. The Labute approximate surface area is 84.6 Å². The third kappa shape index (κ3) is 2.84. The largest absolute Gasteiger partial charge is 0.481 e. The molecule has 0 aromatic carbocycles. The van der Waals surface area contributed by atoms with Gasteiger partial charge in [-0.2, -0.15) is 5.06 Å². The van der Waals surface area contributed by atoms with Crippen molar-refractivity contribution >= 4 is 24.1 Å². The number of hydroxylamine groups is 2. The van der Waals surface area contributed by atoms with E-state index in [0.717, 1.165) is 0 Å². The number of rotatable bonds is 5. The zero-order valence-corrected chi connectivity index (χ0v) is 7.71. The molecule has 0 saturated carbocycles. The maximum atomic E-state index is 11.0. The third-order valence-electron chi connectivity index (χ3n) is 1.77. The Balaban J connectivity index is 2.58. The molecule has 1 atom stereocenters. The van der Waals surface area contributed by atoms with Crippen LogP contribution in [0.4, 0.5) is 0 Å². The van der Waals surface area contributed by atoms with E-state index >= 15 is 0 Å². The monoisotopic (exact) mass is 215 g/mol. The summed E-state index contributed by atoms with van der Waals surface area (Å²) in [6, 6.07) is 0. The van der Waals surface area contributed by atoms with Crippen LogP contribution in [0.3, 0.4) is 0 Å². The number of carboxylic acids is 1. The van der Waals surface area contributed by atoms with Gasteiger partial charge in [-0.05, 0) is 0 Å². The normalized spacial score (nSPS) is 18.0. The Morgan fingerprint density at radius 2 is 2.00 bits per heavy atom. The van der Waals surface area contributed by atoms with Crippen LogP contribution in [0.1, 0.15) is 19.3 Å². The maximum absolute atomic E-state index is 11.0. The first-order valence-electron chi connectivity index (χ1n) is 4.24. The van der Waals surface area contributed by atoms with Crippen molar-refractivity contribution in [3.8, 4) is 0 Å². The molecule has 15 heavy (non-hydrogen) atoms. The zero-order valence-electron chi connectivity index (χ0n) is 7.71. The Morgan fingerprint density at radius 3 is 2.40 bits per heavy atom. The summed E-state index contributed by atoms with van der Waals surface area (Å²) in [7, 11) is 0. The Hall–Kier alpha value is -1.76. The van der Waals surface area contributed by atoms with Crippen LogP contribution in [-0.2, 0) is 24.0 Å². The summed E-state index contributed by atoms with van der Waals surface area (Å²) in [4.78, 5) is 47.4. The first-order valence-corrected chi connectivity index (χ1v) is 4.24. The standard InChI is InChI=1S/C8H9NO6/c10-4-5(3-8(13)14)15-9-6(11)1-2-7(9)12/h4-5H,1-3H2,(H,13,14). The van der Waals surface area contributed by atoms with Crippen molar-refractivity contribution in [3.05, 3.63) is 0 Å². The van der Waals surface area contributed by atoms with E-state index in [1.807, 2.05) is 0 Å². The molecule has 1 N–H and O–H groups in total. The lowest BCUT2D eigenvalue weighted by molar-refractivity contribution is -0.202. The number of aliphatic carboxylic acids is 1. The maximum Gasteiger partial charge on any atom is 0.306 e. The smallest absolute Gasteiger partial charge is 0.306 e. The van der Waals surface area contributed by atoms with Gasteiger partial charge in [0.25, 0.3) is 11.8 Å². The topological polar surface area (TPSA) is 101 Å². The van der Waals surface area contributed by atoms with Crippen molar-refractivity contribution in [3.63, 3.8) is 0 Å². The van der Waals surface area contributed by atoms with Gasteiger partial charge in [-0.25, -0.2) is 0 Å². The zero-order chi connectivity index (χ0) is 11.4. The molecule has 0 aromatic heterocycles. The van der Waals surface area contributed by atoms with Crippen molar-refractivity contribution in [2.75, 3.05) is 0 Å². The van der Waals surface area contributed by atoms with Gasteiger partial charge in [0.1, 0.15) is 0 Å². The molecular formula is C8H9NO6. The number of amides is 2. The van der Waals surface area contributed by atoms with Crippen LogP contribution in [0.25, 0.3) is 0 Å². The first kappa shape index (κ1) is 11.3. The number of nitrogens with zero attached hydrogens (tertiary/aromatic N) is 1. The second-order valence-electron chi connectivity index (χ2n) is 2.96. The van der Waals surface area contributed by atoms with Crippen LogP contribution in [0.2, 0.25) is 0 Å². The van der Waals surface area contributed by atoms with Crippen LogP contribution < -0.4 is 0 Å². The molecule has 0 aromatic rings. The molecule has 1 unspecified atom stereocenters. The fourth-order valence-corrected chi connectivity index (χ4v) is 1.09. The Kier molecular flexibility index (Phi) is 3.51. The fraction of sp³-hybridized carbons (Fsp3) is 0.500. The van der Waals surface area contributed by atoms with Crippen molar-refractivity contribution < 1.29 is 29.1 Å². The van der Waals surface area contributed by atoms with Gasteiger partial charge in [0.2, 0.25) is 0 Å². The SMILES string of the molecule is O=CC(CC(=O)O)ON1C(=O)CCC1=O. The van der Waals surface area contributed by atoms with Crippen molar-refractivity contribution in [1.82, 2.24) is 5.06 Å². The van der Waals surface area contributed by atoms with Gasteiger partial charge in [0.15, 0.2) is 12.4 Å². The van der Waals surface area contributed by atoms with Crippen LogP contribution >= 0.6 is 0 Å². The van der Waals surface area contributed by atoms with Gasteiger partial charge in [-0.1, -0.05) is 0 Å². The van der Waals surface area contributed by atoms with E-state index in [4.69, 9.17) is 5.11 Å². The van der Waals surface area contributed by atoms with Gasteiger partial charge in [0, 0.05) is 12.8 Å². The van der Waals surface area contributed by atoms with Gasteiger partial charge in [0.05, 0.1) is 6.42 Å². The highest BCUT2D eigenvalue weighted by Crippen LogP contribution is 2.14. The van der Waals surface area contributed by atoms with Gasteiger partial charge < -0.3 is 9.90 Å². The van der Waals surface area contributed by atoms with E-state index in [0.29, 0.717) is 5.06 Å². The van der Waals surface area contributed by atoms with Crippen molar-refractivity contribution in [2.24, 2.45) is 0 Å². The quantitative estimate of drug-likeness (QED) is 0.471. The molecule has 7 nitrogen and oxygen atoms in total. The van der Waals surface area contributed by atoms with E-state index in [1.165, 1.54) is 0 Å². The third-order valence-corrected chi connectivity index (χ3v) is 1.77. The number of aldehydes is 1. The van der Waals surface area contributed by atoms with E-state index in [-0.39, 0.29) is 19.1 Å². The number of carbonyl (C=O) groups excluding carboxylic acids is 3. The van der Waals surface area contributed by atoms with E-state index in [9.17, 15) is 19.2 Å². The van der Waals surface area contributed by atoms with E-state index < -0.39 is 30.3 Å². The molecular weight excluding hydrogens is 206 g/mol. The highest BCUT2D eigenvalue weighted by Gasteiger charge is 2.32. The first-order chi connectivity index (χ1) is 7.04. The molecule has 1 rings (SSSR count). The number of carbonyl (C=O) groups is 4. The van der Waals surface area contributed by atoms with Crippen molar-refractivity contribution in [2.45, 2.75) is 25.4 Å². The summed E-state index contributed by atoms with van der Waals surface area (Å²) >= 11 is 0. The fourth-order valence-electron chi connectivity index (χ4n) is 1.09. The highest BCUT2D eigenvalue weighted by atomic mass is 16.7. The van der Waals surface area contributed by atoms with Gasteiger partial charge in [-0.15, -0.1) is 0 Å². The lowest BCUT2D eigenvalue weighted by atomic mass is 10.3. The minimum absolute atomic E-state index is 0.0253. The number of hydrogen-bond acceptors (Lipinski definition) is 5. The predicted molar refractivity (Wildman–Crippen MR) is 44.3 cm³/mol. The summed E-state index contributed by atoms with van der Waals surface area (Å²) in [6.07, 6.45) is -1.60.